The van der Waals surface area contributed by atoms with E-state index in [1.54, 1.807) is 0 Å². The van der Waals surface area contributed by atoms with Gasteiger partial charge in [0.1, 0.15) is 5.88 Å². The quantitative estimate of drug-likeness (QED) is 0.508. The molecule has 8 heteroatoms. The van der Waals surface area contributed by atoms with Crippen LogP contribution in [0.2, 0.25) is 0 Å². The van der Waals surface area contributed by atoms with Crippen molar-refractivity contribution in [3.8, 4) is 0 Å². The highest BCUT2D eigenvalue weighted by atomic mass is 32.3. The third-order valence-corrected chi connectivity index (χ3v) is 4.65. The molecule has 0 aromatic heterocycles. The summed E-state index contributed by atoms with van der Waals surface area (Å²) in [6.45, 7) is 0.00297. The highest BCUT2D eigenvalue weighted by Crippen LogP contribution is 1.93. The van der Waals surface area contributed by atoms with E-state index < -0.39 is 30.6 Å². The molecule has 0 aliphatic heterocycles. The van der Waals surface area contributed by atoms with Crippen molar-refractivity contribution in [2.24, 2.45) is 5.73 Å². The zero-order chi connectivity index (χ0) is 9.83. The van der Waals surface area contributed by atoms with E-state index in [0.717, 1.165) is 6.26 Å². The lowest BCUT2D eigenvalue weighted by molar-refractivity contribution is 0.586. The maximum atomic E-state index is 10.9. The SMILES string of the molecule is CS(=O)(=O)CS(=O)(=O)CNCN. The Balaban J connectivity index is 4.26. The highest BCUT2D eigenvalue weighted by molar-refractivity contribution is 8.07. The van der Waals surface area contributed by atoms with Crippen LogP contribution in [0.4, 0.5) is 0 Å². The first-order valence-electron chi connectivity index (χ1n) is 3.06. The summed E-state index contributed by atoms with van der Waals surface area (Å²) < 4.78 is 43.0. The molecular formula is C4H12N2O4S2. The minimum Gasteiger partial charge on any atom is -0.318 e. The molecule has 0 aliphatic rings. The van der Waals surface area contributed by atoms with Gasteiger partial charge in [-0.3, -0.25) is 5.32 Å². The number of sulfone groups is 2. The summed E-state index contributed by atoms with van der Waals surface area (Å²) in [6.07, 6.45) is 0.868. The minimum absolute atomic E-state index is 0.00297. The van der Waals surface area contributed by atoms with E-state index in [1.807, 2.05) is 0 Å². The molecule has 0 unspecified atom stereocenters. The van der Waals surface area contributed by atoms with Crippen molar-refractivity contribution in [3.05, 3.63) is 0 Å². The minimum atomic E-state index is -3.58. The van der Waals surface area contributed by atoms with Crippen LogP contribution in [0.1, 0.15) is 0 Å². The van der Waals surface area contributed by atoms with Gasteiger partial charge in [0.05, 0.1) is 0 Å². The second-order valence-corrected chi connectivity index (χ2v) is 6.96. The van der Waals surface area contributed by atoms with Crippen molar-refractivity contribution in [1.29, 1.82) is 0 Å². The topological polar surface area (TPSA) is 106 Å². The second-order valence-electron chi connectivity index (χ2n) is 2.39. The molecule has 0 spiro atoms. The molecule has 3 N–H and O–H groups in total. The van der Waals surface area contributed by atoms with E-state index in [9.17, 15) is 16.8 Å². The summed E-state index contributed by atoms with van der Waals surface area (Å²) in [5.74, 6) is -0.406. The van der Waals surface area contributed by atoms with E-state index >= 15 is 0 Å². The number of hydrogen-bond donors (Lipinski definition) is 2. The smallest absolute Gasteiger partial charge is 0.177 e. The van der Waals surface area contributed by atoms with Crippen LogP contribution < -0.4 is 11.1 Å². The molecule has 0 saturated carbocycles. The van der Waals surface area contributed by atoms with Crippen LogP contribution in [-0.2, 0) is 19.7 Å². The van der Waals surface area contributed by atoms with E-state index in [0.29, 0.717) is 0 Å². The van der Waals surface area contributed by atoms with Gasteiger partial charge in [0.25, 0.3) is 0 Å². The predicted octanol–water partition coefficient (Wildman–Crippen LogP) is -2.13. The van der Waals surface area contributed by atoms with Gasteiger partial charge in [0, 0.05) is 12.9 Å². The van der Waals surface area contributed by atoms with Gasteiger partial charge in [-0.15, -0.1) is 0 Å². The van der Waals surface area contributed by atoms with Crippen molar-refractivity contribution >= 4 is 19.7 Å². The Morgan fingerprint density at radius 2 is 1.75 bits per heavy atom. The zero-order valence-corrected chi connectivity index (χ0v) is 8.28. The molecule has 0 bridgehead atoms. The van der Waals surface area contributed by atoms with Crippen molar-refractivity contribution in [3.63, 3.8) is 0 Å². The molecule has 0 aromatic rings. The summed E-state index contributed by atoms with van der Waals surface area (Å²) in [4.78, 5) is 0. The number of nitrogens with two attached hydrogens (primary N) is 1. The Morgan fingerprint density at radius 1 is 1.25 bits per heavy atom. The first kappa shape index (κ1) is 11.8. The standard InChI is InChI=1S/C4H12N2O4S2/c1-11(7,8)4-12(9,10)3-6-2-5/h6H,2-5H2,1H3. The lowest BCUT2D eigenvalue weighted by atomic mass is 11.1. The monoisotopic (exact) mass is 216 g/mol. The summed E-state index contributed by atoms with van der Waals surface area (Å²) in [6, 6.07) is 0. The Morgan fingerprint density at radius 3 is 2.08 bits per heavy atom. The predicted molar refractivity (Wildman–Crippen MR) is 45.7 cm³/mol. The fourth-order valence-electron chi connectivity index (χ4n) is 0.582. The molecule has 0 amide bonds. The summed E-state index contributed by atoms with van der Waals surface area (Å²) in [5.41, 5.74) is 4.97. The largest absolute Gasteiger partial charge is 0.318 e. The van der Waals surface area contributed by atoms with Gasteiger partial charge in [-0.1, -0.05) is 0 Å². The summed E-state index contributed by atoms with van der Waals surface area (Å²) in [5, 5.41) is 1.50. The second kappa shape index (κ2) is 4.17. The molecule has 0 aromatic carbocycles. The van der Waals surface area contributed by atoms with Crippen LogP contribution >= 0.6 is 0 Å². The fourth-order valence-corrected chi connectivity index (χ4v) is 3.95. The zero-order valence-electron chi connectivity index (χ0n) is 6.65. The van der Waals surface area contributed by atoms with Crippen molar-refractivity contribution in [2.75, 3.05) is 23.9 Å². The maximum Gasteiger partial charge on any atom is 0.177 e. The maximum absolute atomic E-state index is 10.9. The van der Waals surface area contributed by atoms with Crippen LogP contribution in [0.25, 0.3) is 0 Å². The lowest BCUT2D eigenvalue weighted by Gasteiger charge is -2.02. The number of nitrogens with one attached hydrogen (secondary N) is 1. The van der Waals surface area contributed by atoms with E-state index in [2.05, 4.69) is 5.32 Å². The van der Waals surface area contributed by atoms with Gasteiger partial charge >= 0.3 is 0 Å². The molecule has 6 nitrogen and oxygen atoms in total. The first-order chi connectivity index (χ1) is 5.27. The van der Waals surface area contributed by atoms with Crippen LogP contribution in [0.15, 0.2) is 0 Å². The van der Waals surface area contributed by atoms with Gasteiger partial charge in [0.2, 0.25) is 0 Å². The average Bonchev–Trinajstić information content (AvgIpc) is 1.78. The Hall–Kier alpha value is -0.180. The van der Waals surface area contributed by atoms with Crippen molar-refractivity contribution < 1.29 is 16.8 Å². The van der Waals surface area contributed by atoms with Gasteiger partial charge in [-0.05, 0) is 0 Å². The molecule has 0 fully saturated rings. The van der Waals surface area contributed by atoms with E-state index in [1.165, 1.54) is 0 Å². The molecule has 0 radical (unpaired) electrons. The third-order valence-electron chi connectivity index (χ3n) is 0.860. The van der Waals surface area contributed by atoms with Crippen LogP contribution in [0.5, 0.6) is 0 Å². The molecule has 0 aliphatic carbocycles. The lowest BCUT2D eigenvalue weighted by Crippen LogP contribution is -2.31. The van der Waals surface area contributed by atoms with Crippen molar-refractivity contribution in [2.45, 2.75) is 0 Å². The molecule has 74 valence electrons. The molecular weight excluding hydrogens is 204 g/mol. The highest BCUT2D eigenvalue weighted by Gasteiger charge is 2.16. The molecule has 0 rings (SSSR count). The van der Waals surface area contributed by atoms with Crippen molar-refractivity contribution in [1.82, 2.24) is 5.32 Å². The van der Waals surface area contributed by atoms with Gasteiger partial charge < -0.3 is 5.73 Å². The van der Waals surface area contributed by atoms with E-state index in [4.69, 9.17) is 5.73 Å². The third kappa shape index (κ3) is 6.53. The average molecular weight is 216 g/mol. The number of hydrogen-bond acceptors (Lipinski definition) is 6. The molecule has 12 heavy (non-hydrogen) atoms. The molecule has 0 heterocycles. The van der Waals surface area contributed by atoms with E-state index in [-0.39, 0.29) is 6.67 Å². The number of rotatable bonds is 5. The first-order valence-corrected chi connectivity index (χ1v) is 6.94. The van der Waals surface area contributed by atoms with Crippen LogP contribution in [0, 0.1) is 0 Å². The van der Waals surface area contributed by atoms with Crippen LogP contribution in [-0.4, -0.2) is 40.7 Å². The normalized spacial score (nSPS) is 13.2. The van der Waals surface area contributed by atoms with Crippen LogP contribution in [0.3, 0.4) is 0 Å². The molecule has 0 atom stereocenters. The fraction of sp³-hybridized carbons (Fsp3) is 1.00. The Kier molecular flexibility index (Phi) is 4.11. The summed E-state index contributed by atoms with van der Waals surface area (Å²) >= 11 is 0. The van der Waals surface area contributed by atoms with Gasteiger partial charge in [-0.25, -0.2) is 16.8 Å². The van der Waals surface area contributed by atoms with Gasteiger partial charge in [0.15, 0.2) is 24.8 Å². The Bertz CT molecular complexity index is 317. The van der Waals surface area contributed by atoms with Gasteiger partial charge in [-0.2, -0.15) is 0 Å². The summed E-state index contributed by atoms with van der Waals surface area (Å²) in [7, 11) is -7.06. The molecule has 0 saturated heterocycles. The Labute approximate surface area is 72.0 Å².